The van der Waals surface area contributed by atoms with Crippen molar-refractivity contribution in [3.8, 4) is 0 Å². The first kappa shape index (κ1) is 21.4. The van der Waals surface area contributed by atoms with Gasteiger partial charge in [0.2, 0.25) is 0 Å². The second kappa shape index (κ2) is 12.9. The van der Waals surface area contributed by atoms with Crippen LogP contribution in [0, 0.1) is 10.1 Å². The van der Waals surface area contributed by atoms with Crippen LogP contribution < -0.4 is 0 Å². The number of rotatable bonds is 15. The minimum absolute atomic E-state index is 0.194. The lowest BCUT2D eigenvalue weighted by Crippen LogP contribution is -2.24. The van der Waals surface area contributed by atoms with Gasteiger partial charge in [0.05, 0.1) is 4.92 Å². The highest BCUT2D eigenvalue weighted by molar-refractivity contribution is 6.46. The van der Waals surface area contributed by atoms with Crippen LogP contribution in [0.15, 0.2) is 0 Å². The zero-order valence-electron chi connectivity index (χ0n) is 13.1. The number of carboxylic acid groups (broad SMARTS) is 1. The topological polar surface area (TPSA) is 80.4 Å². The number of halogens is 2. The van der Waals surface area contributed by atoms with E-state index in [0.29, 0.717) is 6.42 Å². The maximum absolute atomic E-state index is 10.5. The monoisotopic (exact) mass is 355 g/mol. The van der Waals surface area contributed by atoms with E-state index in [1.54, 1.807) is 0 Å². The average molecular weight is 356 g/mol. The Hall–Kier alpha value is -0.550. The standard InChI is InChI=1S/C15H27Cl2NO4/c16-15(17,18(21)22)13-11-9-7-5-3-1-2-4-6-8-10-12-14(19)20/h1-13H2,(H,19,20). The van der Waals surface area contributed by atoms with Crippen LogP contribution in [0.1, 0.15) is 83.5 Å². The number of hydrogen-bond donors (Lipinski definition) is 1. The summed E-state index contributed by atoms with van der Waals surface area (Å²) >= 11 is 11.1. The number of alkyl halides is 2. The first-order valence-electron chi connectivity index (χ1n) is 8.10. The molecule has 0 atom stereocenters. The summed E-state index contributed by atoms with van der Waals surface area (Å²) in [5.74, 6) is -0.709. The van der Waals surface area contributed by atoms with Crippen molar-refractivity contribution < 1.29 is 14.8 Å². The number of aliphatic carboxylic acids is 1. The number of unbranched alkanes of at least 4 members (excludes halogenated alkanes) is 10. The summed E-state index contributed by atoms with van der Waals surface area (Å²) in [7, 11) is 0. The molecule has 1 N–H and O–H groups in total. The molecule has 0 spiro atoms. The van der Waals surface area contributed by atoms with E-state index in [-0.39, 0.29) is 12.8 Å². The predicted molar refractivity (Wildman–Crippen MR) is 89.1 cm³/mol. The lowest BCUT2D eigenvalue weighted by molar-refractivity contribution is -0.516. The van der Waals surface area contributed by atoms with Crippen LogP contribution in [0.25, 0.3) is 0 Å². The molecule has 0 saturated carbocycles. The van der Waals surface area contributed by atoms with Gasteiger partial charge < -0.3 is 5.11 Å². The summed E-state index contributed by atoms with van der Waals surface area (Å²) in [6, 6.07) is 0. The van der Waals surface area contributed by atoms with E-state index in [0.717, 1.165) is 38.5 Å². The van der Waals surface area contributed by atoms with Crippen LogP contribution in [-0.4, -0.2) is 20.5 Å². The zero-order chi connectivity index (χ0) is 16.8. The molecule has 0 aromatic rings. The highest BCUT2D eigenvalue weighted by Crippen LogP contribution is 2.28. The zero-order valence-corrected chi connectivity index (χ0v) is 14.6. The number of nitro groups is 1. The largest absolute Gasteiger partial charge is 0.481 e. The number of carbonyl (C=O) groups is 1. The third-order valence-corrected chi connectivity index (χ3v) is 4.29. The molecule has 22 heavy (non-hydrogen) atoms. The van der Waals surface area contributed by atoms with Crippen LogP contribution >= 0.6 is 23.2 Å². The minimum atomic E-state index is -1.83. The lowest BCUT2D eigenvalue weighted by Gasteiger charge is -2.09. The molecular formula is C15H27Cl2NO4. The smallest absolute Gasteiger partial charge is 0.370 e. The molecule has 0 amide bonds. The Morgan fingerprint density at radius 1 is 0.864 bits per heavy atom. The Morgan fingerprint density at radius 2 is 1.23 bits per heavy atom. The van der Waals surface area contributed by atoms with Crippen molar-refractivity contribution >= 4 is 29.2 Å². The molecule has 7 heteroatoms. The van der Waals surface area contributed by atoms with Crippen molar-refractivity contribution in [2.45, 2.75) is 87.9 Å². The minimum Gasteiger partial charge on any atom is -0.481 e. The van der Waals surface area contributed by atoms with Crippen LogP contribution in [0.2, 0.25) is 0 Å². The van der Waals surface area contributed by atoms with Crippen LogP contribution in [-0.2, 0) is 4.79 Å². The fraction of sp³-hybridized carbons (Fsp3) is 0.933. The summed E-state index contributed by atoms with van der Waals surface area (Å²) in [4.78, 5) is 20.2. The molecule has 0 radical (unpaired) electrons. The van der Waals surface area contributed by atoms with E-state index in [9.17, 15) is 14.9 Å². The molecule has 0 rings (SSSR count). The molecule has 0 fully saturated rings. The van der Waals surface area contributed by atoms with Crippen LogP contribution in [0.4, 0.5) is 0 Å². The fourth-order valence-electron chi connectivity index (χ4n) is 2.30. The molecule has 0 aliphatic rings. The van der Waals surface area contributed by atoms with Gasteiger partial charge in [-0.2, -0.15) is 0 Å². The van der Waals surface area contributed by atoms with Gasteiger partial charge >= 0.3 is 10.4 Å². The van der Waals surface area contributed by atoms with Gasteiger partial charge in [-0.1, -0.05) is 57.8 Å². The molecule has 5 nitrogen and oxygen atoms in total. The number of nitrogens with zero attached hydrogens (tertiary/aromatic N) is 1. The second-order valence-corrected chi connectivity index (χ2v) is 7.15. The number of carboxylic acids is 1. The second-order valence-electron chi connectivity index (χ2n) is 5.71. The van der Waals surface area contributed by atoms with E-state index in [2.05, 4.69) is 0 Å². The van der Waals surface area contributed by atoms with Crippen molar-refractivity contribution in [1.82, 2.24) is 0 Å². The Bertz CT molecular complexity index is 325. The Labute approximate surface area is 142 Å². The van der Waals surface area contributed by atoms with Crippen molar-refractivity contribution in [2.75, 3.05) is 0 Å². The van der Waals surface area contributed by atoms with E-state index >= 15 is 0 Å². The summed E-state index contributed by atoms with van der Waals surface area (Å²) in [6.07, 6.45) is 11.9. The van der Waals surface area contributed by atoms with E-state index in [1.165, 1.54) is 25.7 Å². The first-order chi connectivity index (χ1) is 10.4. The van der Waals surface area contributed by atoms with E-state index in [1.807, 2.05) is 0 Å². The summed E-state index contributed by atoms with van der Waals surface area (Å²) in [6.45, 7) is 0. The molecule has 0 saturated heterocycles. The summed E-state index contributed by atoms with van der Waals surface area (Å²) < 4.78 is -1.83. The highest BCUT2D eigenvalue weighted by Gasteiger charge is 2.36. The van der Waals surface area contributed by atoms with E-state index < -0.39 is 15.3 Å². The van der Waals surface area contributed by atoms with Crippen molar-refractivity contribution in [2.24, 2.45) is 0 Å². The third-order valence-electron chi connectivity index (χ3n) is 3.64. The van der Waals surface area contributed by atoms with Gasteiger partial charge in [-0.25, -0.2) is 0 Å². The molecule has 130 valence electrons. The molecule has 0 aliphatic carbocycles. The maximum atomic E-state index is 10.5. The summed E-state index contributed by atoms with van der Waals surface area (Å²) in [5.41, 5.74) is 0. The third kappa shape index (κ3) is 13.1. The Balaban J connectivity index is 3.21. The lowest BCUT2D eigenvalue weighted by atomic mass is 10.0. The van der Waals surface area contributed by atoms with Gasteiger partial charge in [0.25, 0.3) is 0 Å². The summed E-state index contributed by atoms with van der Waals surface area (Å²) in [5, 5.41) is 19.0. The van der Waals surface area contributed by atoms with Gasteiger partial charge in [-0.3, -0.25) is 14.9 Å². The average Bonchev–Trinajstić information content (AvgIpc) is 2.43. The van der Waals surface area contributed by atoms with Gasteiger partial charge in [-0.15, -0.1) is 0 Å². The Morgan fingerprint density at radius 3 is 1.59 bits per heavy atom. The van der Waals surface area contributed by atoms with Gasteiger partial charge in [0.1, 0.15) is 0 Å². The molecular weight excluding hydrogens is 329 g/mol. The molecule has 0 heterocycles. The van der Waals surface area contributed by atoms with Crippen molar-refractivity contribution in [3.63, 3.8) is 0 Å². The van der Waals surface area contributed by atoms with Gasteiger partial charge in [-0.05, 0) is 36.0 Å². The van der Waals surface area contributed by atoms with Crippen LogP contribution in [0.3, 0.4) is 0 Å². The predicted octanol–water partition coefficient (Wildman–Crippen LogP) is 5.55. The first-order valence-corrected chi connectivity index (χ1v) is 8.86. The quantitative estimate of drug-likeness (QED) is 0.137. The fourth-order valence-corrected chi connectivity index (χ4v) is 2.56. The van der Waals surface area contributed by atoms with Crippen molar-refractivity contribution in [1.29, 1.82) is 0 Å². The molecule has 0 bridgehead atoms. The maximum Gasteiger partial charge on any atom is 0.370 e. The van der Waals surface area contributed by atoms with E-state index in [4.69, 9.17) is 28.3 Å². The number of hydrogen-bond acceptors (Lipinski definition) is 3. The normalized spacial score (nSPS) is 11.5. The molecule has 0 aromatic heterocycles. The molecule has 0 aromatic carbocycles. The van der Waals surface area contributed by atoms with Gasteiger partial charge in [0, 0.05) is 12.8 Å². The molecule has 0 aliphatic heterocycles. The molecule has 0 unspecified atom stereocenters. The van der Waals surface area contributed by atoms with Crippen LogP contribution in [0.5, 0.6) is 0 Å². The Kier molecular flexibility index (Phi) is 12.6. The van der Waals surface area contributed by atoms with Crippen molar-refractivity contribution in [3.05, 3.63) is 10.1 Å². The highest BCUT2D eigenvalue weighted by atomic mass is 35.5. The van der Waals surface area contributed by atoms with Gasteiger partial charge in [0.15, 0.2) is 0 Å². The SMILES string of the molecule is O=C(O)CCCCCCCCCCCCCC(Cl)(Cl)[N+](=O)[O-].